The van der Waals surface area contributed by atoms with E-state index in [1.807, 2.05) is 0 Å². The molecule has 0 spiro atoms. The van der Waals surface area contributed by atoms with Gasteiger partial charge in [-0.3, -0.25) is 0 Å². The Labute approximate surface area is 211 Å². The first-order chi connectivity index (χ1) is 17.2. The van der Waals surface area contributed by atoms with Crippen molar-refractivity contribution in [2.75, 3.05) is 0 Å². The second kappa shape index (κ2) is 6.28. The lowest BCUT2D eigenvalue weighted by molar-refractivity contribution is 0.591. The van der Waals surface area contributed by atoms with Crippen LogP contribution in [0.25, 0.3) is 65.3 Å². The first-order valence-electron chi connectivity index (χ1n) is 13.0. The topological polar surface area (TPSA) is 15.8 Å². The summed E-state index contributed by atoms with van der Waals surface area (Å²) in [4.78, 5) is 3.79. The zero-order valence-electron chi connectivity index (χ0n) is 21.5. The van der Waals surface area contributed by atoms with Crippen LogP contribution in [0, 0.1) is 0 Å². The molecular formula is C35H29N. The third-order valence-corrected chi connectivity index (χ3v) is 8.88. The fourth-order valence-corrected chi connectivity index (χ4v) is 6.95. The van der Waals surface area contributed by atoms with Gasteiger partial charge in [-0.15, -0.1) is 0 Å². The molecule has 6 aromatic carbocycles. The van der Waals surface area contributed by atoms with Gasteiger partial charge in [0.05, 0.1) is 5.52 Å². The maximum absolute atomic E-state index is 3.79. The number of H-pyrrole nitrogens is 1. The summed E-state index contributed by atoms with van der Waals surface area (Å²) < 4.78 is 0. The van der Waals surface area contributed by atoms with Crippen LogP contribution in [0.15, 0.2) is 78.9 Å². The minimum atomic E-state index is 0.00554. The fourth-order valence-electron chi connectivity index (χ4n) is 6.95. The summed E-state index contributed by atoms with van der Waals surface area (Å²) in [5, 5.41) is 10.8. The van der Waals surface area contributed by atoms with E-state index in [-0.39, 0.29) is 10.8 Å². The Hall–Kier alpha value is -3.84. The van der Waals surface area contributed by atoms with Crippen molar-refractivity contribution in [3.05, 3.63) is 95.6 Å². The van der Waals surface area contributed by atoms with Crippen molar-refractivity contribution in [3.63, 3.8) is 0 Å². The summed E-state index contributed by atoms with van der Waals surface area (Å²) in [6, 6.07) is 30.2. The van der Waals surface area contributed by atoms with Crippen molar-refractivity contribution in [3.8, 4) is 11.1 Å². The monoisotopic (exact) mass is 463 g/mol. The van der Waals surface area contributed by atoms with E-state index in [9.17, 15) is 0 Å². The van der Waals surface area contributed by atoms with E-state index in [0.29, 0.717) is 0 Å². The minimum absolute atomic E-state index is 0.00554. The molecule has 1 heteroatoms. The van der Waals surface area contributed by atoms with E-state index < -0.39 is 0 Å². The van der Waals surface area contributed by atoms with Gasteiger partial charge < -0.3 is 4.98 Å². The SMILES string of the molecule is CC(C)(C)c1ccc2[nH]c3c(cc4ccc5c6c(cc7ccc3c4c75)C(C)(C)c3ccccc3-6)c2c1. The molecule has 0 saturated heterocycles. The molecule has 1 aliphatic rings. The van der Waals surface area contributed by atoms with Crippen LogP contribution >= 0.6 is 0 Å². The zero-order chi connectivity index (χ0) is 24.6. The standard InChI is InChI=1S/C35H29N/c1-34(2,3)21-12-15-29-25(18-21)26-16-19-10-13-23-30-20(11-14-24(31(19)30)33(26)36-29)17-28-32(23)22-8-6-7-9-27(22)35(28,4)5/h6-18,36H,1-5H3. The molecule has 0 aliphatic heterocycles. The van der Waals surface area contributed by atoms with Gasteiger partial charge in [0.25, 0.3) is 0 Å². The van der Waals surface area contributed by atoms with Crippen molar-refractivity contribution in [2.24, 2.45) is 0 Å². The predicted octanol–water partition coefficient (Wildman–Crippen LogP) is 9.82. The van der Waals surface area contributed by atoms with Gasteiger partial charge in [-0.05, 0) is 84.4 Å². The molecule has 1 aliphatic carbocycles. The number of aromatic amines is 1. The summed E-state index contributed by atoms with van der Waals surface area (Å²) >= 11 is 0. The molecule has 0 unspecified atom stereocenters. The lowest BCUT2D eigenvalue weighted by Gasteiger charge is -2.22. The summed E-state index contributed by atoms with van der Waals surface area (Å²) in [6.07, 6.45) is 0. The molecular weight excluding hydrogens is 434 g/mol. The van der Waals surface area contributed by atoms with Gasteiger partial charge in [-0.25, -0.2) is 0 Å². The van der Waals surface area contributed by atoms with E-state index in [2.05, 4.69) is 118 Å². The summed E-state index contributed by atoms with van der Waals surface area (Å²) in [7, 11) is 0. The lowest BCUT2D eigenvalue weighted by atomic mass is 9.80. The second-order valence-corrected chi connectivity index (χ2v) is 12.3. The molecule has 174 valence electrons. The van der Waals surface area contributed by atoms with Crippen molar-refractivity contribution < 1.29 is 0 Å². The molecule has 0 fully saturated rings. The maximum atomic E-state index is 3.79. The van der Waals surface area contributed by atoms with Crippen molar-refractivity contribution in [1.82, 2.24) is 4.98 Å². The van der Waals surface area contributed by atoms with Gasteiger partial charge in [0.15, 0.2) is 0 Å². The summed E-state index contributed by atoms with van der Waals surface area (Å²) in [5.41, 5.74) is 9.65. The molecule has 0 atom stereocenters. The third-order valence-electron chi connectivity index (χ3n) is 8.88. The number of aromatic nitrogens is 1. The number of rotatable bonds is 0. The van der Waals surface area contributed by atoms with Crippen LogP contribution in [0.1, 0.15) is 51.3 Å². The smallest absolute Gasteiger partial charge is 0.0545 e. The summed E-state index contributed by atoms with van der Waals surface area (Å²) in [6.45, 7) is 11.6. The molecule has 0 amide bonds. The van der Waals surface area contributed by atoms with E-state index in [1.165, 1.54) is 81.9 Å². The Bertz CT molecular complexity index is 2040. The van der Waals surface area contributed by atoms with Crippen LogP contribution in [-0.2, 0) is 10.8 Å². The van der Waals surface area contributed by atoms with Crippen LogP contribution in [0.5, 0.6) is 0 Å². The molecule has 1 N–H and O–H groups in total. The predicted molar refractivity (Wildman–Crippen MR) is 156 cm³/mol. The van der Waals surface area contributed by atoms with Crippen molar-refractivity contribution in [2.45, 2.75) is 45.4 Å². The van der Waals surface area contributed by atoms with Gasteiger partial charge in [0.1, 0.15) is 0 Å². The number of hydrogen-bond acceptors (Lipinski definition) is 0. The Morgan fingerprint density at radius 2 is 1.36 bits per heavy atom. The highest BCUT2D eigenvalue weighted by Gasteiger charge is 2.36. The molecule has 0 saturated carbocycles. The molecule has 1 aromatic heterocycles. The van der Waals surface area contributed by atoms with Crippen LogP contribution in [-0.4, -0.2) is 4.98 Å². The van der Waals surface area contributed by atoms with Crippen molar-refractivity contribution in [1.29, 1.82) is 0 Å². The average Bonchev–Trinajstić information content (AvgIpc) is 3.34. The van der Waals surface area contributed by atoms with Gasteiger partial charge >= 0.3 is 0 Å². The van der Waals surface area contributed by atoms with Crippen LogP contribution in [0.3, 0.4) is 0 Å². The number of hydrogen-bond donors (Lipinski definition) is 1. The molecule has 1 nitrogen and oxygen atoms in total. The molecule has 0 bridgehead atoms. The van der Waals surface area contributed by atoms with Gasteiger partial charge in [-0.2, -0.15) is 0 Å². The van der Waals surface area contributed by atoms with E-state index >= 15 is 0 Å². The second-order valence-electron chi connectivity index (χ2n) is 12.3. The quantitative estimate of drug-likeness (QED) is 0.215. The highest BCUT2D eigenvalue weighted by Crippen LogP contribution is 2.53. The Morgan fingerprint density at radius 3 is 2.17 bits per heavy atom. The lowest BCUT2D eigenvalue weighted by Crippen LogP contribution is -2.14. The molecule has 1 heterocycles. The molecule has 8 rings (SSSR count). The normalized spacial score (nSPS) is 15.0. The van der Waals surface area contributed by atoms with E-state index in [1.54, 1.807) is 0 Å². The largest absolute Gasteiger partial charge is 0.354 e. The highest BCUT2D eigenvalue weighted by atomic mass is 14.7. The van der Waals surface area contributed by atoms with Gasteiger partial charge in [-0.1, -0.05) is 89.2 Å². The Morgan fingerprint density at radius 1 is 0.639 bits per heavy atom. The molecule has 36 heavy (non-hydrogen) atoms. The van der Waals surface area contributed by atoms with Gasteiger partial charge in [0, 0.05) is 27.1 Å². The van der Waals surface area contributed by atoms with Crippen molar-refractivity contribution >= 4 is 54.1 Å². The number of fused-ring (bicyclic) bond motifs is 8. The average molecular weight is 464 g/mol. The summed E-state index contributed by atoms with van der Waals surface area (Å²) in [5.74, 6) is 0. The van der Waals surface area contributed by atoms with Crippen LogP contribution in [0.4, 0.5) is 0 Å². The van der Waals surface area contributed by atoms with E-state index in [0.717, 1.165) is 0 Å². The minimum Gasteiger partial charge on any atom is -0.354 e. The Kier molecular flexibility index (Phi) is 3.55. The number of nitrogens with one attached hydrogen (secondary N) is 1. The first kappa shape index (κ1) is 20.4. The number of benzene rings is 6. The molecule has 7 aromatic rings. The molecule has 0 radical (unpaired) electrons. The van der Waals surface area contributed by atoms with Gasteiger partial charge in [0.2, 0.25) is 0 Å². The van der Waals surface area contributed by atoms with E-state index in [4.69, 9.17) is 0 Å². The zero-order valence-corrected chi connectivity index (χ0v) is 21.5. The first-order valence-corrected chi connectivity index (χ1v) is 13.0. The van der Waals surface area contributed by atoms with Crippen LogP contribution < -0.4 is 0 Å². The highest BCUT2D eigenvalue weighted by molar-refractivity contribution is 6.32. The third kappa shape index (κ3) is 2.36. The Balaban J connectivity index is 1.53. The fraction of sp³-hybridized carbons (Fsp3) is 0.200. The maximum Gasteiger partial charge on any atom is 0.0545 e. The van der Waals surface area contributed by atoms with Crippen LogP contribution in [0.2, 0.25) is 0 Å².